The first-order chi connectivity index (χ1) is 9.61. The molecule has 0 aliphatic heterocycles. The van der Waals surface area contributed by atoms with E-state index in [-0.39, 0.29) is 6.10 Å². The fraction of sp³-hybridized carbons (Fsp3) is 0.353. The highest BCUT2D eigenvalue weighted by atomic mass is 16.5. The van der Waals surface area contributed by atoms with Crippen LogP contribution in [0.5, 0.6) is 5.75 Å². The highest BCUT2D eigenvalue weighted by Gasteiger charge is 2.16. The van der Waals surface area contributed by atoms with Gasteiger partial charge in [0, 0.05) is 12.7 Å². The molecule has 0 fully saturated rings. The molecule has 0 aliphatic carbocycles. The van der Waals surface area contributed by atoms with Crippen LogP contribution in [0.25, 0.3) is 0 Å². The Bertz CT molecular complexity index is 552. The van der Waals surface area contributed by atoms with Crippen molar-refractivity contribution in [1.29, 1.82) is 0 Å². The van der Waals surface area contributed by atoms with Crippen LogP contribution < -0.4 is 10.5 Å². The van der Waals surface area contributed by atoms with Crippen molar-refractivity contribution in [1.82, 2.24) is 4.98 Å². The van der Waals surface area contributed by atoms with Crippen molar-refractivity contribution in [3.8, 4) is 5.75 Å². The van der Waals surface area contributed by atoms with E-state index >= 15 is 0 Å². The van der Waals surface area contributed by atoms with E-state index in [0.29, 0.717) is 12.5 Å². The van der Waals surface area contributed by atoms with Gasteiger partial charge >= 0.3 is 0 Å². The Morgan fingerprint density at radius 1 is 1.20 bits per heavy atom. The molecule has 2 N–H and O–H groups in total. The summed E-state index contributed by atoms with van der Waals surface area (Å²) >= 11 is 0. The van der Waals surface area contributed by atoms with E-state index in [9.17, 15) is 0 Å². The number of pyridine rings is 1. The first kappa shape index (κ1) is 14.5. The Morgan fingerprint density at radius 3 is 2.60 bits per heavy atom. The van der Waals surface area contributed by atoms with Crippen molar-refractivity contribution in [3.63, 3.8) is 0 Å². The topological polar surface area (TPSA) is 48.1 Å². The molecule has 0 saturated heterocycles. The summed E-state index contributed by atoms with van der Waals surface area (Å²) < 4.78 is 6.14. The standard InChI is InChI=1S/C17H22N2O/c1-12(2)14-8-7-13(3)10-16(14)20-17(11-18)15-6-4-5-9-19-15/h4-10,12,17H,11,18H2,1-3H3. The van der Waals surface area contributed by atoms with E-state index in [1.54, 1.807) is 6.20 Å². The zero-order valence-corrected chi connectivity index (χ0v) is 12.3. The number of ether oxygens (including phenoxy) is 1. The number of nitrogens with two attached hydrogens (primary N) is 1. The predicted octanol–water partition coefficient (Wildman–Crippen LogP) is 3.59. The quantitative estimate of drug-likeness (QED) is 0.903. The SMILES string of the molecule is Cc1ccc(C(C)C)c(OC(CN)c2ccccn2)c1. The van der Waals surface area contributed by atoms with Crippen molar-refractivity contribution in [2.24, 2.45) is 5.73 Å². The number of nitrogens with zero attached hydrogens (tertiary/aromatic N) is 1. The summed E-state index contributed by atoms with van der Waals surface area (Å²) in [6, 6.07) is 12.1. The highest BCUT2D eigenvalue weighted by molar-refractivity contribution is 5.39. The molecule has 20 heavy (non-hydrogen) atoms. The largest absolute Gasteiger partial charge is 0.482 e. The predicted molar refractivity (Wildman–Crippen MR) is 81.9 cm³/mol. The van der Waals surface area contributed by atoms with E-state index < -0.39 is 0 Å². The summed E-state index contributed by atoms with van der Waals surface area (Å²) in [5.74, 6) is 1.31. The van der Waals surface area contributed by atoms with Crippen LogP contribution in [0.3, 0.4) is 0 Å². The van der Waals surface area contributed by atoms with Crippen LogP contribution >= 0.6 is 0 Å². The number of hydrogen-bond acceptors (Lipinski definition) is 3. The third-order valence-electron chi connectivity index (χ3n) is 3.29. The van der Waals surface area contributed by atoms with Crippen molar-refractivity contribution in [2.75, 3.05) is 6.54 Å². The molecule has 0 aliphatic rings. The molecule has 1 unspecified atom stereocenters. The minimum absolute atomic E-state index is 0.213. The average Bonchev–Trinajstić information content (AvgIpc) is 2.45. The molecule has 1 aromatic carbocycles. The van der Waals surface area contributed by atoms with Crippen LogP contribution in [0, 0.1) is 6.92 Å². The summed E-state index contributed by atoms with van der Waals surface area (Å²) in [7, 11) is 0. The number of rotatable bonds is 5. The molecular formula is C17H22N2O. The van der Waals surface area contributed by atoms with Gasteiger partial charge in [-0.1, -0.05) is 32.0 Å². The van der Waals surface area contributed by atoms with Gasteiger partial charge < -0.3 is 10.5 Å². The summed E-state index contributed by atoms with van der Waals surface area (Å²) in [5.41, 5.74) is 9.10. The van der Waals surface area contributed by atoms with Crippen LogP contribution in [-0.4, -0.2) is 11.5 Å². The fourth-order valence-electron chi connectivity index (χ4n) is 2.17. The van der Waals surface area contributed by atoms with Crippen LogP contribution in [0.1, 0.15) is 42.7 Å². The third-order valence-corrected chi connectivity index (χ3v) is 3.29. The molecule has 3 nitrogen and oxygen atoms in total. The van der Waals surface area contributed by atoms with Gasteiger partial charge in [0.1, 0.15) is 5.75 Å². The van der Waals surface area contributed by atoms with Gasteiger partial charge in [-0.25, -0.2) is 0 Å². The lowest BCUT2D eigenvalue weighted by molar-refractivity contribution is 0.206. The van der Waals surface area contributed by atoms with E-state index in [4.69, 9.17) is 10.5 Å². The minimum atomic E-state index is -0.213. The summed E-state index contributed by atoms with van der Waals surface area (Å²) in [6.07, 6.45) is 1.55. The zero-order valence-electron chi connectivity index (χ0n) is 12.3. The molecule has 0 saturated carbocycles. The molecule has 106 valence electrons. The van der Waals surface area contributed by atoms with Gasteiger partial charge in [0.2, 0.25) is 0 Å². The maximum absolute atomic E-state index is 6.14. The van der Waals surface area contributed by atoms with Gasteiger partial charge in [-0.05, 0) is 42.2 Å². The number of aryl methyl sites for hydroxylation is 1. The first-order valence-electron chi connectivity index (χ1n) is 7.00. The summed E-state index contributed by atoms with van der Waals surface area (Å²) in [4.78, 5) is 4.34. The lowest BCUT2D eigenvalue weighted by Gasteiger charge is -2.21. The maximum Gasteiger partial charge on any atom is 0.153 e. The Morgan fingerprint density at radius 2 is 2.00 bits per heavy atom. The second-order valence-corrected chi connectivity index (χ2v) is 5.29. The molecule has 0 spiro atoms. The van der Waals surface area contributed by atoms with Gasteiger partial charge in [0.05, 0.1) is 5.69 Å². The molecule has 2 rings (SSSR count). The van der Waals surface area contributed by atoms with Crippen molar-refractivity contribution in [3.05, 3.63) is 59.4 Å². The Hall–Kier alpha value is -1.87. The molecule has 1 atom stereocenters. The van der Waals surface area contributed by atoms with Crippen LogP contribution in [-0.2, 0) is 0 Å². The van der Waals surface area contributed by atoms with Crippen LogP contribution in [0.15, 0.2) is 42.6 Å². The smallest absolute Gasteiger partial charge is 0.153 e. The van der Waals surface area contributed by atoms with Gasteiger partial charge in [-0.2, -0.15) is 0 Å². The fourth-order valence-corrected chi connectivity index (χ4v) is 2.17. The Kier molecular flexibility index (Phi) is 4.74. The molecule has 1 aromatic heterocycles. The lowest BCUT2D eigenvalue weighted by atomic mass is 10.0. The Labute approximate surface area is 120 Å². The zero-order chi connectivity index (χ0) is 14.5. The Balaban J connectivity index is 2.30. The van der Waals surface area contributed by atoms with Crippen molar-refractivity contribution >= 4 is 0 Å². The second kappa shape index (κ2) is 6.53. The molecule has 0 radical (unpaired) electrons. The molecule has 0 bridgehead atoms. The van der Waals surface area contributed by atoms with E-state index in [2.05, 4.69) is 44.0 Å². The average molecular weight is 270 g/mol. The number of aromatic nitrogens is 1. The molecular weight excluding hydrogens is 248 g/mol. The second-order valence-electron chi connectivity index (χ2n) is 5.29. The van der Waals surface area contributed by atoms with Gasteiger partial charge in [0.25, 0.3) is 0 Å². The maximum atomic E-state index is 6.14. The van der Waals surface area contributed by atoms with Crippen molar-refractivity contribution < 1.29 is 4.74 Å². The van der Waals surface area contributed by atoms with E-state index in [0.717, 1.165) is 11.4 Å². The third kappa shape index (κ3) is 3.36. The van der Waals surface area contributed by atoms with E-state index in [1.165, 1.54) is 11.1 Å². The van der Waals surface area contributed by atoms with Gasteiger partial charge in [0.15, 0.2) is 6.10 Å². The van der Waals surface area contributed by atoms with Gasteiger partial charge in [-0.3, -0.25) is 4.98 Å². The summed E-state index contributed by atoms with van der Waals surface area (Å²) in [5, 5.41) is 0. The first-order valence-corrected chi connectivity index (χ1v) is 7.00. The monoisotopic (exact) mass is 270 g/mol. The van der Waals surface area contributed by atoms with E-state index in [1.807, 2.05) is 18.2 Å². The number of benzene rings is 1. The van der Waals surface area contributed by atoms with Crippen molar-refractivity contribution in [2.45, 2.75) is 32.8 Å². The normalized spacial score (nSPS) is 12.4. The summed E-state index contributed by atoms with van der Waals surface area (Å²) in [6.45, 7) is 6.79. The van der Waals surface area contributed by atoms with Gasteiger partial charge in [-0.15, -0.1) is 0 Å². The molecule has 2 aromatic rings. The number of hydrogen-bond donors (Lipinski definition) is 1. The molecule has 3 heteroatoms. The minimum Gasteiger partial charge on any atom is -0.482 e. The molecule has 0 amide bonds. The lowest BCUT2D eigenvalue weighted by Crippen LogP contribution is -2.20. The molecule has 1 heterocycles. The van der Waals surface area contributed by atoms with Crippen LogP contribution in [0.2, 0.25) is 0 Å². The highest BCUT2D eigenvalue weighted by Crippen LogP contribution is 2.30. The van der Waals surface area contributed by atoms with Crippen LogP contribution in [0.4, 0.5) is 0 Å².